The fourth-order valence-electron chi connectivity index (χ4n) is 1.26. The number of anilines is 1. The van der Waals surface area contributed by atoms with Gasteiger partial charge in [0.1, 0.15) is 5.82 Å². The molecule has 0 unspecified atom stereocenters. The Labute approximate surface area is 96.9 Å². The lowest BCUT2D eigenvalue weighted by atomic mass is 10.1. The Morgan fingerprint density at radius 1 is 1.27 bits per heavy atom. The number of nitrogen functional groups attached to an aromatic ring is 1. The quantitative estimate of drug-likeness (QED) is 0.750. The lowest BCUT2D eigenvalue weighted by Gasteiger charge is -2.02. The number of hydrogen-bond acceptors (Lipinski definition) is 3. The summed E-state index contributed by atoms with van der Waals surface area (Å²) in [6.07, 6.45) is 0. The molecule has 3 nitrogen and oxygen atoms in total. The van der Waals surface area contributed by atoms with E-state index in [1.807, 2.05) is 24.3 Å². The van der Waals surface area contributed by atoms with Crippen LogP contribution in [-0.2, 0) is 0 Å². The van der Waals surface area contributed by atoms with Crippen LogP contribution in [0.3, 0.4) is 0 Å². The van der Waals surface area contributed by atoms with Gasteiger partial charge in [-0.2, -0.15) is 0 Å². The van der Waals surface area contributed by atoms with Crippen LogP contribution in [0.4, 0.5) is 5.82 Å². The average Bonchev–Trinajstić information content (AvgIpc) is 2.17. The molecule has 2 aromatic rings. The highest BCUT2D eigenvalue weighted by atomic mass is 35.5. The Hall–Kier alpha value is -1.39. The van der Waals surface area contributed by atoms with Crippen molar-refractivity contribution in [1.29, 1.82) is 0 Å². The molecule has 0 aliphatic carbocycles. The highest BCUT2D eigenvalue weighted by Gasteiger charge is 1.99. The van der Waals surface area contributed by atoms with Crippen molar-refractivity contribution in [2.45, 2.75) is 0 Å². The van der Waals surface area contributed by atoms with Gasteiger partial charge in [0.2, 0.25) is 0 Å². The number of nitrogens with one attached hydrogen (secondary N) is 1. The molecule has 5 heteroatoms. The first-order valence-corrected chi connectivity index (χ1v) is 5.06. The smallest absolute Gasteiger partial charge is 0.199 e. The largest absolute Gasteiger partial charge is 0.384 e. The summed E-state index contributed by atoms with van der Waals surface area (Å²) in [4.78, 5) is 6.85. The third kappa shape index (κ3) is 2.34. The van der Waals surface area contributed by atoms with Crippen LogP contribution in [0.25, 0.3) is 11.3 Å². The van der Waals surface area contributed by atoms with E-state index in [1.165, 1.54) is 0 Å². The third-order valence-corrected chi connectivity index (χ3v) is 2.37. The van der Waals surface area contributed by atoms with Gasteiger partial charge in [0, 0.05) is 11.1 Å². The minimum absolute atomic E-state index is 0.375. The van der Waals surface area contributed by atoms with E-state index >= 15 is 0 Å². The molecule has 0 spiro atoms. The summed E-state index contributed by atoms with van der Waals surface area (Å²) >= 11 is 10.7. The van der Waals surface area contributed by atoms with Crippen molar-refractivity contribution in [3.8, 4) is 11.3 Å². The molecular formula is C10H8ClN3S. The summed E-state index contributed by atoms with van der Waals surface area (Å²) in [5.41, 5.74) is 7.41. The molecule has 0 radical (unpaired) electrons. The standard InChI is InChI=1S/C10H8ClN3S/c11-7-3-1-6(2-4-7)8-5-9(12)14-10(15)13-8/h1-5H,(H3,12,13,14,15). The highest BCUT2D eigenvalue weighted by molar-refractivity contribution is 7.71. The first-order valence-electron chi connectivity index (χ1n) is 4.28. The van der Waals surface area contributed by atoms with Gasteiger partial charge in [-0.25, -0.2) is 4.98 Å². The SMILES string of the molecule is Nc1cc(-c2ccc(Cl)cc2)[nH]c(=S)n1. The summed E-state index contributed by atoms with van der Waals surface area (Å²) in [6.45, 7) is 0. The van der Waals surface area contributed by atoms with E-state index < -0.39 is 0 Å². The van der Waals surface area contributed by atoms with Crippen molar-refractivity contribution in [2.24, 2.45) is 0 Å². The molecule has 0 atom stereocenters. The van der Waals surface area contributed by atoms with E-state index in [0.717, 1.165) is 11.3 Å². The molecule has 2 rings (SSSR count). The average molecular weight is 238 g/mol. The maximum Gasteiger partial charge on any atom is 0.199 e. The molecule has 76 valence electrons. The lowest BCUT2D eigenvalue weighted by molar-refractivity contribution is 1.15. The number of hydrogen-bond donors (Lipinski definition) is 2. The maximum absolute atomic E-state index is 5.79. The van der Waals surface area contributed by atoms with Crippen LogP contribution < -0.4 is 5.73 Å². The molecular weight excluding hydrogens is 230 g/mol. The highest BCUT2D eigenvalue weighted by Crippen LogP contribution is 2.20. The normalized spacial score (nSPS) is 10.2. The van der Waals surface area contributed by atoms with Gasteiger partial charge >= 0.3 is 0 Å². The van der Waals surface area contributed by atoms with Crippen LogP contribution in [-0.4, -0.2) is 9.97 Å². The molecule has 0 fully saturated rings. The molecule has 0 amide bonds. The molecule has 0 aliphatic heterocycles. The Bertz CT molecular complexity index is 533. The van der Waals surface area contributed by atoms with Gasteiger partial charge < -0.3 is 10.7 Å². The summed E-state index contributed by atoms with van der Waals surface area (Å²) in [6, 6.07) is 9.14. The van der Waals surface area contributed by atoms with Crippen molar-refractivity contribution in [2.75, 3.05) is 5.73 Å². The first kappa shape index (κ1) is 10.1. The zero-order valence-corrected chi connectivity index (χ0v) is 9.27. The Kier molecular flexibility index (Phi) is 2.70. The number of rotatable bonds is 1. The van der Waals surface area contributed by atoms with E-state index in [-0.39, 0.29) is 0 Å². The van der Waals surface area contributed by atoms with E-state index in [0.29, 0.717) is 15.6 Å². The predicted molar refractivity (Wildman–Crippen MR) is 64.3 cm³/mol. The Morgan fingerprint density at radius 2 is 1.93 bits per heavy atom. The number of aromatic nitrogens is 2. The van der Waals surface area contributed by atoms with Crippen LogP contribution in [0, 0.1) is 4.77 Å². The molecule has 1 heterocycles. The Morgan fingerprint density at radius 3 is 2.53 bits per heavy atom. The van der Waals surface area contributed by atoms with Crippen LogP contribution in [0.1, 0.15) is 0 Å². The molecule has 0 aliphatic rings. The van der Waals surface area contributed by atoms with Gasteiger partial charge in [0.05, 0.1) is 5.69 Å². The number of nitrogens with zero attached hydrogens (tertiary/aromatic N) is 1. The van der Waals surface area contributed by atoms with Crippen LogP contribution in [0.5, 0.6) is 0 Å². The predicted octanol–water partition coefficient (Wildman–Crippen LogP) is 3.04. The number of nitrogens with two attached hydrogens (primary N) is 1. The summed E-state index contributed by atoms with van der Waals surface area (Å²) in [5.74, 6) is 0.406. The molecule has 1 aromatic heterocycles. The maximum atomic E-state index is 5.79. The van der Waals surface area contributed by atoms with Gasteiger partial charge in [-0.3, -0.25) is 0 Å². The molecule has 3 N–H and O–H groups in total. The number of benzene rings is 1. The van der Waals surface area contributed by atoms with E-state index in [2.05, 4.69) is 9.97 Å². The second kappa shape index (κ2) is 4.00. The van der Waals surface area contributed by atoms with E-state index in [9.17, 15) is 0 Å². The fraction of sp³-hybridized carbons (Fsp3) is 0. The molecule has 15 heavy (non-hydrogen) atoms. The summed E-state index contributed by atoms with van der Waals surface area (Å²) in [5, 5.41) is 0.694. The van der Waals surface area contributed by atoms with Crippen molar-refractivity contribution in [1.82, 2.24) is 9.97 Å². The number of aromatic amines is 1. The third-order valence-electron chi connectivity index (χ3n) is 1.92. The van der Waals surface area contributed by atoms with E-state index in [4.69, 9.17) is 29.6 Å². The van der Waals surface area contributed by atoms with Gasteiger partial charge in [-0.1, -0.05) is 23.7 Å². The number of halogens is 1. The van der Waals surface area contributed by atoms with Crippen molar-refractivity contribution >= 4 is 29.6 Å². The monoisotopic (exact) mass is 237 g/mol. The fourth-order valence-corrected chi connectivity index (χ4v) is 1.60. The van der Waals surface area contributed by atoms with Gasteiger partial charge in [0.15, 0.2) is 4.77 Å². The van der Waals surface area contributed by atoms with Crippen LogP contribution in [0.15, 0.2) is 30.3 Å². The lowest BCUT2D eigenvalue weighted by Crippen LogP contribution is -1.94. The zero-order chi connectivity index (χ0) is 10.8. The van der Waals surface area contributed by atoms with Gasteiger partial charge in [0.25, 0.3) is 0 Å². The molecule has 1 aromatic carbocycles. The zero-order valence-electron chi connectivity index (χ0n) is 7.70. The van der Waals surface area contributed by atoms with Gasteiger partial charge in [-0.05, 0) is 29.9 Å². The summed E-state index contributed by atoms with van der Waals surface area (Å²) < 4.78 is 0.375. The minimum Gasteiger partial charge on any atom is -0.384 e. The van der Waals surface area contributed by atoms with Crippen LogP contribution in [0.2, 0.25) is 5.02 Å². The van der Waals surface area contributed by atoms with Crippen molar-refractivity contribution in [3.05, 3.63) is 40.1 Å². The van der Waals surface area contributed by atoms with E-state index in [1.54, 1.807) is 6.07 Å². The van der Waals surface area contributed by atoms with Gasteiger partial charge in [-0.15, -0.1) is 0 Å². The second-order valence-corrected chi connectivity index (χ2v) is 3.85. The summed E-state index contributed by atoms with van der Waals surface area (Å²) in [7, 11) is 0. The molecule has 0 saturated carbocycles. The topological polar surface area (TPSA) is 54.7 Å². The first-order chi connectivity index (χ1) is 7.15. The molecule has 0 saturated heterocycles. The second-order valence-electron chi connectivity index (χ2n) is 3.03. The minimum atomic E-state index is 0.375. The van der Waals surface area contributed by atoms with Crippen molar-refractivity contribution in [3.63, 3.8) is 0 Å². The van der Waals surface area contributed by atoms with Crippen LogP contribution >= 0.6 is 23.8 Å². The van der Waals surface area contributed by atoms with Crippen molar-refractivity contribution < 1.29 is 0 Å². The number of H-pyrrole nitrogens is 1. The molecule has 0 bridgehead atoms. The Balaban J connectivity index is 2.54.